The first-order valence-electron chi connectivity index (χ1n) is 11.0. The van der Waals surface area contributed by atoms with Crippen molar-refractivity contribution in [2.45, 2.75) is 19.7 Å². The molecule has 0 saturated carbocycles. The summed E-state index contributed by atoms with van der Waals surface area (Å²) in [4.78, 5) is 17.1. The molecule has 4 rings (SSSR count). The first-order chi connectivity index (χ1) is 17.4. The highest BCUT2D eigenvalue weighted by molar-refractivity contribution is 6.36. The van der Waals surface area contributed by atoms with Crippen molar-refractivity contribution in [1.29, 1.82) is 0 Å². The number of amides is 2. The number of hydrogen-bond acceptors (Lipinski definition) is 3. The molecule has 0 atom stereocenters. The van der Waals surface area contributed by atoms with Crippen LogP contribution in [0.3, 0.4) is 0 Å². The van der Waals surface area contributed by atoms with E-state index in [2.05, 4.69) is 10.6 Å². The average Bonchev–Trinajstić information content (AvgIpc) is 2.87. The highest BCUT2D eigenvalue weighted by Crippen LogP contribution is 2.37. The van der Waals surface area contributed by atoms with E-state index in [9.17, 15) is 14.3 Å². The highest BCUT2D eigenvalue weighted by atomic mass is 35.5. The Bertz CT molecular complexity index is 1400. The molecule has 9 heteroatoms. The molecule has 0 aliphatic carbocycles. The van der Waals surface area contributed by atoms with E-state index in [0.29, 0.717) is 48.7 Å². The number of aliphatic hydroxyl groups is 1. The van der Waals surface area contributed by atoms with Gasteiger partial charge in [-0.3, -0.25) is 0 Å². The van der Waals surface area contributed by atoms with Crippen molar-refractivity contribution >= 4 is 40.8 Å². The lowest BCUT2D eigenvalue weighted by atomic mass is 9.96. The van der Waals surface area contributed by atoms with Gasteiger partial charge in [0.05, 0.1) is 18.0 Å². The zero-order chi connectivity index (χ0) is 25.7. The molecule has 0 unspecified atom stereocenters. The molecule has 0 bridgehead atoms. The van der Waals surface area contributed by atoms with Crippen LogP contribution in [-0.2, 0) is 19.7 Å². The molecule has 36 heavy (non-hydrogen) atoms. The van der Waals surface area contributed by atoms with Gasteiger partial charge in [0.15, 0.2) is 0 Å². The Morgan fingerprint density at radius 3 is 2.17 bits per heavy atom. The van der Waals surface area contributed by atoms with Crippen LogP contribution in [0.4, 0.5) is 9.18 Å². The third-order valence-electron chi connectivity index (χ3n) is 5.52. The first-order valence-corrected chi connectivity index (χ1v) is 12.1. The molecule has 1 heterocycles. The van der Waals surface area contributed by atoms with Gasteiger partial charge in [0, 0.05) is 50.4 Å². The lowest BCUT2D eigenvalue weighted by molar-refractivity contribution is 0.239. The summed E-state index contributed by atoms with van der Waals surface area (Å²) in [6.45, 7) is -0.237. The fourth-order valence-electron chi connectivity index (χ4n) is 3.68. The largest absolute Gasteiger partial charge is 0.390 e. The Kier molecular flexibility index (Phi) is 8.44. The number of aliphatic hydroxyl groups excluding tert-OH is 1. The second-order valence-electron chi connectivity index (χ2n) is 7.91. The van der Waals surface area contributed by atoms with E-state index in [0.717, 1.165) is 5.56 Å². The van der Waals surface area contributed by atoms with Crippen LogP contribution in [0.2, 0.25) is 15.1 Å². The maximum atomic E-state index is 13.8. The number of pyridine rings is 1. The highest BCUT2D eigenvalue weighted by Gasteiger charge is 2.17. The van der Waals surface area contributed by atoms with Gasteiger partial charge in [-0.1, -0.05) is 71.2 Å². The number of nitrogens with one attached hydrogen (secondary N) is 2. The van der Waals surface area contributed by atoms with Gasteiger partial charge < -0.3 is 15.7 Å². The number of benzene rings is 3. The Balaban J connectivity index is 1.64. The Morgan fingerprint density at radius 2 is 1.50 bits per heavy atom. The number of rotatable bonds is 7. The summed E-state index contributed by atoms with van der Waals surface area (Å²) in [5, 5.41) is 16.9. The van der Waals surface area contributed by atoms with E-state index in [1.54, 1.807) is 48.5 Å². The minimum absolute atomic E-state index is 0.0325. The molecule has 1 aromatic heterocycles. The molecule has 0 spiro atoms. The molecule has 3 aromatic carbocycles. The molecular weight excluding hydrogens is 524 g/mol. The number of halogens is 4. The van der Waals surface area contributed by atoms with Crippen molar-refractivity contribution in [3.63, 3.8) is 0 Å². The van der Waals surface area contributed by atoms with Gasteiger partial charge in [0.1, 0.15) is 5.82 Å². The summed E-state index contributed by atoms with van der Waals surface area (Å²) >= 11 is 18.7. The number of urea groups is 1. The minimum Gasteiger partial charge on any atom is -0.390 e. The van der Waals surface area contributed by atoms with Crippen LogP contribution in [0.15, 0.2) is 72.8 Å². The lowest BCUT2D eigenvalue weighted by Gasteiger charge is -2.17. The molecule has 2 amide bonds. The molecular formula is C27H21Cl3FN3O2. The smallest absolute Gasteiger partial charge is 0.315 e. The predicted octanol–water partition coefficient (Wildman–Crippen LogP) is 7.01. The second-order valence-corrected chi connectivity index (χ2v) is 9.19. The van der Waals surface area contributed by atoms with Gasteiger partial charge in [0.2, 0.25) is 0 Å². The van der Waals surface area contributed by atoms with Crippen molar-refractivity contribution in [3.05, 3.63) is 111 Å². The molecule has 0 saturated heterocycles. The van der Waals surface area contributed by atoms with E-state index in [4.69, 9.17) is 39.8 Å². The third kappa shape index (κ3) is 6.15. The van der Waals surface area contributed by atoms with Gasteiger partial charge in [-0.15, -0.1) is 0 Å². The topological polar surface area (TPSA) is 74.2 Å². The van der Waals surface area contributed by atoms with Crippen molar-refractivity contribution in [3.8, 4) is 22.4 Å². The Hall–Kier alpha value is -3.16. The van der Waals surface area contributed by atoms with E-state index in [1.165, 1.54) is 6.07 Å². The van der Waals surface area contributed by atoms with E-state index in [-0.39, 0.29) is 19.7 Å². The van der Waals surface area contributed by atoms with Crippen LogP contribution in [0.1, 0.15) is 16.8 Å². The maximum Gasteiger partial charge on any atom is 0.315 e. The van der Waals surface area contributed by atoms with Gasteiger partial charge in [-0.05, 0) is 42.0 Å². The molecule has 0 radical (unpaired) electrons. The fourth-order valence-corrected chi connectivity index (χ4v) is 4.32. The molecule has 184 valence electrons. The van der Waals surface area contributed by atoms with Gasteiger partial charge in [0.25, 0.3) is 0 Å². The predicted molar refractivity (Wildman–Crippen MR) is 142 cm³/mol. The standard InChI is InChI=1S/C27H21Cl3FN3O2/c28-19-7-5-16(6-8-19)26-22(21-10-9-20(29)12-23(21)30)11-18(25(15-35)34-26)14-33-27(36)32-13-17-3-1-2-4-24(17)31/h1-12,35H,13-15H2,(H2,32,33,36). The Labute approximate surface area is 222 Å². The summed E-state index contributed by atoms with van der Waals surface area (Å²) in [6.07, 6.45) is 0. The normalized spacial score (nSPS) is 10.8. The fraction of sp³-hybridized carbons (Fsp3) is 0.111. The van der Waals surface area contributed by atoms with E-state index in [1.807, 2.05) is 18.2 Å². The molecule has 3 N–H and O–H groups in total. The molecule has 0 aliphatic rings. The average molecular weight is 545 g/mol. The van der Waals surface area contributed by atoms with Crippen molar-refractivity contribution < 1.29 is 14.3 Å². The minimum atomic E-state index is -0.491. The van der Waals surface area contributed by atoms with Crippen molar-refractivity contribution in [1.82, 2.24) is 15.6 Å². The SMILES string of the molecule is O=C(NCc1ccccc1F)NCc1cc(-c2ccc(Cl)cc2Cl)c(-c2ccc(Cl)cc2)nc1CO. The molecule has 0 aliphatic heterocycles. The summed E-state index contributed by atoms with van der Waals surface area (Å²) in [6, 6.07) is 19.9. The number of hydrogen-bond donors (Lipinski definition) is 3. The summed E-state index contributed by atoms with van der Waals surface area (Å²) in [7, 11) is 0. The maximum absolute atomic E-state index is 13.8. The Morgan fingerprint density at radius 1 is 0.833 bits per heavy atom. The zero-order valence-corrected chi connectivity index (χ0v) is 21.1. The zero-order valence-electron chi connectivity index (χ0n) is 18.9. The number of carbonyl (C=O) groups is 1. The second kappa shape index (κ2) is 11.7. The van der Waals surface area contributed by atoms with Crippen molar-refractivity contribution in [2.24, 2.45) is 0 Å². The summed E-state index contributed by atoms with van der Waals surface area (Å²) < 4.78 is 13.8. The summed E-state index contributed by atoms with van der Waals surface area (Å²) in [5.41, 5.74) is 4.11. The van der Waals surface area contributed by atoms with Crippen LogP contribution < -0.4 is 10.6 Å². The van der Waals surface area contributed by atoms with Crippen LogP contribution in [0, 0.1) is 5.82 Å². The molecule has 4 aromatic rings. The van der Waals surface area contributed by atoms with Crippen LogP contribution >= 0.6 is 34.8 Å². The molecule has 5 nitrogen and oxygen atoms in total. The monoisotopic (exact) mass is 543 g/mol. The van der Waals surface area contributed by atoms with Gasteiger partial charge in [-0.2, -0.15) is 0 Å². The number of nitrogens with zero attached hydrogens (tertiary/aromatic N) is 1. The quantitative estimate of drug-likeness (QED) is 0.234. The van der Waals surface area contributed by atoms with Gasteiger partial charge >= 0.3 is 6.03 Å². The van der Waals surface area contributed by atoms with E-state index < -0.39 is 11.8 Å². The number of carbonyl (C=O) groups excluding carboxylic acids is 1. The van der Waals surface area contributed by atoms with E-state index >= 15 is 0 Å². The van der Waals surface area contributed by atoms with Crippen LogP contribution in [0.25, 0.3) is 22.4 Å². The van der Waals surface area contributed by atoms with Crippen LogP contribution in [0.5, 0.6) is 0 Å². The lowest BCUT2D eigenvalue weighted by Crippen LogP contribution is -2.35. The van der Waals surface area contributed by atoms with Gasteiger partial charge in [-0.25, -0.2) is 14.2 Å². The van der Waals surface area contributed by atoms with Crippen molar-refractivity contribution in [2.75, 3.05) is 0 Å². The third-order valence-corrected chi connectivity index (χ3v) is 6.32. The van der Waals surface area contributed by atoms with Crippen LogP contribution in [-0.4, -0.2) is 16.1 Å². The summed E-state index contributed by atoms with van der Waals surface area (Å²) in [5.74, 6) is -0.396. The number of aromatic nitrogens is 1. The first kappa shape index (κ1) is 25.9. The molecule has 0 fully saturated rings.